The summed E-state index contributed by atoms with van der Waals surface area (Å²) in [6, 6.07) is 3.87. The van der Waals surface area contributed by atoms with Crippen LogP contribution in [0.2, 0.25) is 0 Å². The van der Waals surface area contributed by atoms with Crippen LogP contribution in [0.5, 0.6) is 0 Å². The van der Waals surface area contributed by atoms with Gasteiger partial charge >= 0.3 is 0 Å². The summed E-state index contributed by atoms with van der Waals surface area (Å²) < 4.78 is 11.1. The van der Waals surface area contributed by atoms with E-state index >= 15 is 0 Å². The van der Waals surface area contributed by atoms with E-state index in [0.29, 0.717) is 0 Å². The van der Waals surface area contributed by atoms with Crippen molar-refractivity contribution in [3.8, 4) is 0 Å². The molecule has 5 nitrogen and oxygen atoms in total. The monoisotopic (exact) mass is 247 g/mol. The molecule has 1 aliphatic heterocycles. The number of rotatable bonds is 3. The highest BCUT2D eigenvalue weighted by Crippen LogP contribution is 2.26. The van der Waals surface area contributed by atoms with Gasteiger partial charge in [0.25, 0.3) is 0 Å². The van der Waals surface area contributed by atoms with Crippen LogP contribution in [0.25, 0.3) is 11.0 Å². The predicted molar refractivity (Wildman–Crippen MR) is 69.9 cm³/mol. The molecule has 1 unspecified atom stereocenters. The van der Waals surface area contributed by atoms with Gasteiger partial charge in [-0.3, -0.25) is 0 Å². The van der Waals surface area contributed by atoms with E-state index in [4.69, 9.17) is 9.15 Å². The lowest BCUT2D eigenvalue weighted by Gasteiger charge is -2.33. The van der Waals surface area contributed by atoms with Crippen molar-refractivity contribution in [1.82, 2.24) is 10.3 Å². The van der Waals surface area contributed by atoms with Gasteiger partial charge in [-0.05, 0) is 19.2 Å². The number of hydrogen-bond donors (Lipinski definition) is 1. The Balaban J connectivity index is 1.87. The predicted octanol–water partition coefficient (Wildman–Crippen LogP) is 1.25. The summed E-state index contributed by atoms with van der Waals surface area (Å²) in [5.41, 5.74) is 0.886. The van der Waals surface area contributed by atoms with E-state index in [0.717, 1.165) is 43.0 Å². The molecule has 1 atom stereocenters. The molecule has 5 heteroatoms. The zero-order valence-corrected chi connectivity index (χ0v) is 10.4. The van der Waals surface area contributed by atoms with Gasteiger partial charge in [0.1, 0.15) is 11.4 Å². The Labute approximate surface area is 106 Å². The van der Waals surface area contributed by atoms with Gasteiger partial charge in [-0.25, -0.2) is 4.98 Å². The molecule has 0 amide bonds. The molecule has 96 valence electrons. The largest absolute Gasteiger partial charge is 0.464 e. The minimum atomic E-state index is 0.215. The first-order valence-corrected chi connectivity index (χ1v) is 6.22. The zero-order chi connectivity index (χ0) is 12.4. The number of fused-ring (bicyclic) bond motifs is 1. The summed E-state index contributed by atoms with van der Waals surface area (Å²) in [6.45, 7) is 3.33. The molecule has 0 bridgehead atoms. The van der Waals surface area contributed by atoms with Gasteiger partial charge in [-0.2, -0.15) is 0 Å². The second kappa shape index (κ2) is 4.96. The van der Waals surface area contributed by atoms with Crippen LogP contribution < -0.4 is 10.2 Å². The number of likely N-dealkylation sites (N-methyl/N-ethyl adjacent to an activating group) is 1. The molecule has 1 aliphatic rings. The first-order valence-electron chi connectivity index (χ1n) is 6.22. The third kappa shape index (κ3) is 2.07. The zero-order valence-electron chi connectivity index (χ0n) is 10.4. The highest BCUT2D eigenvalue weighted by atomic mass is 16.5. The lowest BCUT2D eigenvalue weighted by Crippen LogP contribution is -2.46. The van der Waals surface area contributed by atoms with Crippen LogP contribution >= 0.6 is 0 Å². The van der Waals surface area contributed by atoms with Crippen molar-refractivity contribution in [2.45, 2.75) is 6.10 Å². The molecule has 0 aromatic carbocycles. The number of pyridine rings is 1. The first kappa shape index (κ1) is 11.5. The van der Waals surface area contributed by atoms with Crippen LogP contribution in [-0.4, -0.2) is 44.4 Å². The van der Waals surface area contributed by atoms with Crippen LogP contribution in [-0.2, 0) is 4.74 Å². The fourth-order valence-electron chi connectivity index (χ4n) is 2.39. The highest BCUT2D eigenvalue weighted by Gasteiger charge is 2.22. The lowest BCUT2D eigenvalue weighted by atomic mass is 10.2. The Morgan fingerprint density at radius 2 is 2.44 bits per heavy atom. The van der Waals surface area contributed by atoms with E-state index in [1.54, 1.807) is 12.5 Å². The average molecular weight is 247 g/mol. The topological polar surface area (TPSA) is 50.5 Å². The summed E-state index contributed by atoms with van der Waals surface area (Å²) in [5, 5.41) is 4.22. The third-order valence-electron chi connectivity index (χ3n) is 3.23. The fourth-order valence-corrected chi connectivity index (χ4v) is 2.39. The molecule has 0 radical (unpaired) electrons. The quantitative estimate of drug-likeness (QED) is 0.884. The van der Waals surface area contributed by atoms with Gasteiger partial charge in [0.05, 0.1) is 24.4 Å². The van der Waals surface area contributed by atoms with Gasteiger partial charge in [0, 0.05) is 25.8 Å². The van der Waals surface area contributed by atoms with Gasteiger partial charge in [-0.1, -0.05) is 0 Å². The number of hydrogen-bond acceptors (Lipinski definition) is 5. The lowest BCUT2D eigenvalue weighted by molar-refractivity contribution is 0.0420. The number of furan rings is 1. The molecule has 3 rings (SSSR count). The van der Waals surface area contributed by atoms with E-state index < -0.39 is 0 Å². The van der Waals surface area contributed by atoms with Gasteiger partial charge in [-0.15, -0.1) is 0 Å². The summed E-state index contributed by atoms with van der Waals surface area (Å²) in [6.07, 6.45) is 3.72. The van der Waals surface area contributed by atoms with E-state index in [1.807, 2.05) is 19.2 Å². The molecule has 0 saturated carbocycles. The third-order valence-corrected chi connectivity index (χ3v) is 3.23. The molecular weight excluding hydrogens is 230 g/mol. The maximum absolute atomic E-state index is 5.71. The van der Waals surface area contributed by atoms with Crippen LogP contribution in [0.3, 0.4) is 0 Å². The van der Waals surface area contributed by atoms with E-state index in [2.05, 4.69) is 15.2 Å². The van der Waals surface area contributed by atoms with Gasteiger partial charge < -0.3 is 19.4 Å². The van der Waals surface area contributed by atoms with Crippen LogP contribution in [0.4, 0.5) is 5.82 Å². The second-order valence-corrected chi connectivity index (χ2v) is 4.46. The molecular formula is C13H17N3O2. The number of anilines is 1. The van der Waals surface area contributed by atoms with Crippen LogP contribution in [0, 0.1) is 0 Å². The molecule has 2 aromatic rings. The van der Waals surface area contributed by atoms with E-state index in [-0.39, 0.29) is 6.10 Å². The Morgan fingerprint density at radius 3 is 3.33 bits per heavy atom. The standard InChI is InChI=1S/C13H17N3O2/c1-14-8-10-9-16(5-7-17-10)13-11-3-6-18-12(11)2-4-15-13/h2-4,6,10,14H,5,7-9H2,1H3. The minimum Gasteiger partial charge on any atom is -0.464 e. The first-order chi connectivity index (χ1) is 8.88. The molecule has 1 N–H and O–H groups in total. The van der Waals surface area contributed by atoms with Crippen molar-refractivity contribution in [2.75, 3.05) is 38.2 Å². The molecule has 3 heterocycles. The van der Waals surface area contributed by atoms with Crippen molar-refractivity contribution in [1.29, 1.82) is 0 Å². The van der Waals surface area contributed by atoms with Crippen LogP contribution in [0.15, 0.2) is 29.0 Å². The normalized spacial score (nSPS) is 20.5. The minimum absolute atomic E-state index is 0.215. The number of morpholine rings is 1. The van der Waals surface area contributed by atoms with Crippen molar-refractivity contribution in [3.63, 3.8) is 0 Å². The van der Waals surface area contributed by atoms with Crippen molar-refractivity contribution in [3.05, 3.63) is 24.6 Å². The highest BCUT2D eigenvalue weighted by molar-refractivity contribution is 5.88. The van der Waals surface area contributed by atoms with E-state index in [1.165, 1.54) is 0 Å². The van der Waals surface area contributed by atoms with Gasteiger partial charge in [0.15, 0.2) is 0 Å². The van der Waals surface area contributed by atoms with Crippen molar-refractivity contribution >= 4 is 16.8 Å². The Bertz CT molecular complexity index is 524. The number of nitrogens with zero attached hydrogens (tertiary/aromatic N) is 2. The van der Waals surface area contributed by atoms with Crippen molar-refractivity contribution in [2.24, 2.45) is 0 Å². The summed E-state index contributed by atoms with van der Waals surface area (Å²) in [5.74, 6) is 0.991. The van der Waals surface area contributed by atoms with Gasteiger partial charge in [0.2, 0.25) is 0 Å². The number of ether oxygens (including phenoxy) is 1. The summed E-state index contributed by atoms with van der Waals surface area (Å²) >= 11 is 0. The average Bonchev–Trinajstić information content (AvgIpc) is 2.87. The number of nitrogens with one attached hydrogen (secondary N) is 1. The van der Waals surface area contributed by atoms with Crippen molar-refractivity contribution < 1.29 is 9.15 Å². The molecule has 1 fully saturated rings. The maximum Gasteiger partial charge on any atom is 0.139 e. The SMILES string of the molecule is CNCC1CN(c2nccc3occc23)CCO1. The Kier molecular flexibility index (Phi) is 3.17. The molecule has 18 heavy (non-hydrogen) atoms. The van der Waals surface area contributed by atoms with Crippen LogP contribution in [0.1, 0.15) is 0 Å². The molecule has 0 aliphatic carbocycles. The summed E-state index contributed by atoms with van der Waals surface area (Å²) in [4.78, 5) is 6.75. The summed E-state index contributed by atoms with van der Waals surface area (Å²) in [7, 11) is 1.94. The molecule has 1 saturated heterocycles. The second-order valence-electron chi connectivity index (χ2n) is 4.46. The molecule has 0 spiro atoms. The molecule has 2 aromatic heterocycles. The Hall–Kier alpha value is -1.59. The Morgan fingerprint density at radius 1 is 1.50 bits per heavy atom. The fraction of sp³-hybridized carbons (Fsp3) is 0.462. The van der Waals surface area contributed by atoms with E-state index in [9.17, 15) is 0 Å². The maximum atomic E-state index is 5.71. The smallest absolute Gasteiger partial charge is 0.139 e. The number of aromatic nitrogens is 1.